The summed E-state index contributed by atoms with van der Waals surface area (Å²) in [6, 6.07) is 0. The highest BCUT2D eigenvalue weighted by Crippen LogP contribution is 2.80. The zero-order chi connectivity index (χ0) is 39.6. The number of ketones is 1. The van der Waals surface area contributed by atoms with Gasteiger partial charge in [0, 0.05) is 67.6 Å². The molecule has 5 aliphatic carbocycles. The SMILES string of the molecule is CC(=O)O[C@H]1[C@H]2[C@@H](C(=O)C(OC(=O)CC(C)C)[C@H]3C[C@@H]4O[C@@H]4[C@H](OC(C)=O)[C@]23C)[C@@H]2[C@@H](O)[C@@H]3[C@H]([C@H](C)[C@H]4O[C@]45OC(=O)[C@@](C)(O)[C@]35C)[C@@]2(C)[C@H]1OC(C)=O. The van der Waals surface area contributed by atoms with Crippen molar-refractivity contribution >= 4 is 35.6 Å². The Morgan fingerprint density at radius 3 is 2.06 bits per heavy atom. The number of hydrogen-bond acceptors (Lipinski definition) is 15. The van der Waals surface area contributed by atoms with Gasteiger partial charge in [-0.3, -0.25) is 24.0 Å². The number of esters is 5. The first-order valence-corrected chi connectivity index (χ1v) is 19.2. The predicted octanol–water partition coefficient (Wildman–Crippen LogP) is 1.65. The lowest BCUT2D eigenvalue weighted by molar-refractivity contribution is -0.268. The Kier molecular flexibility index (Phi) is 8.02. The van der Waals surface area contributed by atoms with Gasteiger partial charge < -0.3 is 43.4 Å². The maximum absolute atomic E-state index is 15.5. The van der Waals surface area contributed by atoms with Gasteiger partial charge >= 0.3 is 29.8 Å². The number of Topliss-reactive ketones (excluding diaryl/α,β-unsaturated/α-hetero) is 1. The van der Waals surface area contributed by atoms with Gasteiger partial charge in [0.05, 0.1) is 17.6 Å². The third kappa shape index (κ3) is 4.43. The van der Waals surface area contributed by atoms with Crippen LogP contribution in [-0.2, 0) is 61.9 Å². The maximum atomic E-state index is 15.5. The Hall–Kier alpha value is -3.14. The highest BCUT2D eigenvalue weighted by Gasteiger charge is 2.93. The number of epoxide rings is 2. The van der Waals surface area contributed by atoms with E-state index < -0.39 is 154 Å². The van der Waals surface area contributed by atoms with Crippen molar-refractivity contribution < 1.29 is 72.1 Å². The van der Waals surface area contributed by atoms with E-state index in [0.717, 1.165) is 0 Å². The van der Waals surface area contributed by atoms with Gasteiger partial charge in [0.2, 0.25) is 5.79 Å². The minimum atomic E-state index is -2.15. The third-order valence-electron chi connectivity index (χ3n) is 15.5. The quantitative estimate of drug-likeness (QED) is 0.224. The van der Waals surface area contributed by atoms with Gasteiger partial charge in [0.1, 0.15) is 30.5 Å². The molecular formula is C39H52O15. The van der Waals surface area contributed by atoms with E-state index in [2.05, 4.69) is 0 Å². The molecular weight excluding hydrogens is 708 g/mol. The molecule has 1 spiro atoms. The van der Waals surface area contributed by atoms with Crippen molar-refractivity contribution in [3.63, 3.8) is 0 Å². The molecule has 0 radical (unpaired) electrons. The zero-order valence-corrected chi connectivity index (χ0v) is 32.4. The van der Waals surface area contributed by atoms with Crippen LogP contribution < -0.4 is 0 Å². The van der Waals surface area contributed by atoms with Crippen molar-refractivity contribution in [3.8, 4) is 0 Å². The Bertz CT molecular complexity index is 1720. The summed E-state index contributed by atoms with van der Waals surface area (Å²) in [4.78, 5) is 81.7. The molecule has 8 fully saturated rings. The van der Waals surface area contributed by atoms with Crippen molar-refractivity contribution in [2.45, 2.75) is 142 Å². The molecule has 3 aliphatic heterocycles. The molecule has 0 aromatic heterocycles. The number of carbonyl (C=O) groups excluding carboxylic acids is 6. The molecule has 0 amide bonds. The maximum Gasteiger partial charge on any atom is 0.341 e. The fraction of sp³-hybridized carbons (Fsp3) is 0.846. The van der Waals surface area contributed by atoms with E-state index in [9.17, 15) is 34.2 Å². The molecule has 20 atom stereocenters. The number of fused-ring (bicyclic) bond motifs is 9. The van der Waals surface area contributed by atoms with E-state index in [4.69, 9.17) is 33.2 Å². The molecule has 15 nitrogen and oxygen atoms in total. The Morgan fingerprint density at radius 1 is 0.852 bits per heavy atom. The molecule has 8 aliphatic rings. The number of hydrogen-bond donors (Lipinski definition) is 2. The average molecular weight is 761 g/mol. The van der Waals surface area contributed by atoms with Crippen LogP contribution in [0.1, 0.15) is 82.1 Å². The molecule has 1 unspecified atom stereocenters. The molecule has 15 heteroatoms. The number of rotatable bonds is 6. The third-order valence-corrected chi connectivity index (χ3v) is 15.5. The van der Waals surface area contributed by atoms with Gasteiger partial charge in [-0.15, -0.1) is 0 Å². The summed E-state index contributed by atoms with van der Waals surface area (Å²) in [5.41, 5.74) is -6.39. The molecule has 0 aromatic rings. The highest BCUT2D eigenvalue weighted by molar-refractivity contribution is 5.91. The predicted molar refractivity (Wildman–Crippen MR) is 179 cm³/mol. The first-order valence-electron chi connectivity index (χ1n) is 19.2. The van der Waals surface area contributed by atoms with Crippen LogP contribution in [0.25, 0.3) is 0 Å². The molecule has 2 N–H and O–H groups in total. The summed E-state index contributed by atoms with van der Waals surface area (Å²) in [6.45, 7) is 15.8. The van der Waals surface area contributed by atoms with Crippen molar-refractivity contribution in [2.75, 3.05) is 0 Å². The number of ether oxygens (including phenoxy) is 7. The van der Waals surface area contributed by atoms with E-state index in [1.165, 1.54) is 27.7 Å². The summed E-state index contributed by atoms with van der Waals surface area (Å²) in [7, 11) is 0. The molecule has 54 heavy (non-hydrogen) atoms. The van der Waals surface area contributed by atoms with E-state index in [1.807, 2.05) is 27.7 Å². The average Bonchev–Trinajstić information content (AvgIpc) is 3.95. The van der Waals surface area contributed by atoms with Crippen molar-refractivity contribution in [1.29, 1.82) is 0 Å². The lowest BCUT2D eigenvalue weighted by Crippen LogP contribution is -2.75. The molecule has 8 rings (SSSR count). The fourth-order valence-corrected chi connectivity index (χ4v) is 13.5. The molecule has 0 bridgehead atoms. The Morgan fingerprint density at radius 2 is 1.46 bits per heavy atom. The van der Waals surface area contributed by atoms with E-state index in [1.54, 1.807) is 13.8 Å². The smallest absolute Gasteiger partial charge is 0.341 e. The second-order valence-corrected chi connectivity index (χ2v) is 18.6. The van der Waals surface area contributed by atoms with Gasteiger partial charge in [-0.25, -0.2) is 4.79 Å². The van der Waals surface area contributed by atoms with Crippen molar-refractivity contribution in [3.05, 3.63) is 0 Å². The van der Waals surface area contributed by atoms with Crippen molar-refractivity contribution in [2.24, 2.45) is 63.6 Å². The van der Waals surface area contributed by atoms with Crippen LogP contribution in [0.5, 0.6) is 0 Å². The summed E-state index contributed by atoms with van der Waals surface area (Å²) < 4.78 is 42.8. The zero-order valence-electron chi connectivity index (χ0n) is 32.4. The highest BCUT2D eigenvalue weighted by atomic mass is 16.8. The fourth-order valence-electron chi connectivity index (χ4n) is 13.5. The van der Waals surface area contributed by atoms with Crippen LogP contribution >= 0.6 is 0 Å². The monoisotopic (exact) mass is 760 g/mol. The van der Waals surface area contributed by atoms with Crippen molar-refractivity contribution in [1.82, 2.24) is 0 Å². The lowest BCUT2D eigenvalue weighted by atomic mass is 9.41. The van der Waals surface area contributed by atoms with Crippen LogP contribution in [-0.4, -0.2) is 106 Å². The van der Waals surface area contributed by atoms with Gasteiger partial charge in [-0.05, 0) is 38.0 Å². The second kappa shape index (κ2) is 11.5. The summed E-state index contributed by atoms with van der Waals surface area (Å²) in [6.07, 6.45) is -7.84. The minimum absolute atomic E-state index is 0.0260. The summed E-state index contributed by atoms with van der Waals surface area (Å²) >= 11 is 0. The molecule has 3 saturated heterocycles. The largest absolute Gasteiger partial charge is 0.459 e. The van der Waals surface area contributed by atoms with E-state index in [0.29, 0.717) is 0 Å². The van der Waals surface area contributed by atoms with Gasteiger partial charge in [0.15, 0.2) is 17.5 Å². The van der Waals surface area contributed by atoms with Gasteiger partial charge in [0.25, 0.3) is 0 Å². The van der Waals surface area contributed by atoms with Crippen LogP contribution in [0, 0.1) is 63.6 Å². The Balaban J connectivity index is 1.38. The Labute approximate surface area is 313 Å². The van der Waals surface area contributed by atoms with Crippen LogP contribution in [0.4, 0.5) is 0 Å². The van der Waals surface area contributed by atoms with Gasteiger partial charge in [-0.2, -0.15) is 0 Å². The number of aliphatic hydroxyl groups excluding tert-OH is 1. The normalized spacial score (nSPS) is 54.3. The molecule has 298 valence electrons. The standard InChI is InChI=1S/C39H52O15/c1-13(2)11-20(43)52-28-18-12-19-29(51-19)32(49-16(5)41)35(18,7)24-21(26(28)44)23-27(45)25-22(36(23,8)33(50-17(6)42)30(24)48-15(4)40)14(3)31-39(53-31)37(25,9)38(10,47)34(46)54-39/h13-14,18-19,21-25,27-33,45,47H,11-12H2,1-10H3/t14-,18+,19-,21-,22-,23+,24+,25-,27+,28?,29-,30-,31+,32-,33-,35-,36+,37-,38+,39-/m0/s1. The minimum Gasteiger partial charge on any atom is -0.459 e. The summed E-state index contributed by atoms with van der Waals surface area (Å²) in [5.74, 6) is -12.1. The second-order valence-electron chi connectivity index (χ2n) is 18.6. The number of aliphatic hydroxyl groups is 2. The van der Waals surface area contributed by atoms with E-state index in [-0.39, 0.29) is 18.8 Å². The van der Waals surface area contributed by atoms with E-state index >= 15 is 4.79 Å². The summed E-state index contributed by atoms with van der Waals surface area (Å²) in [5, 5.41) is 25.0. The topological polar surface area (TPSA) is 214 Å². The van der Waals surface area contributed by atoms with Crippen LogP contribution in [0.15, 0.2) is 0 Å². The lowest BCUT2D eigenvalue weighted by Gasteiger charge is -2.65. The first kappa shape index (κ1) is 37.8. The molecule has 0 aromatic carbocycles. The van der Waals surface area contributed by atoms with Crippen LogP contribution in [0.3, 0.4) is 0 Å². The van der Waals surface area contributed by atoms with Gasteiger partial charge in [-0.1, -0.05) is 34.6 Å². The van der Waals surface area contributed by atoms with Crippen LogP contribution in [0.2, 0.25) is 0 Å². The molecule has 3 heterocycles. The first-order chi connectivity index (χ1) is 25.0. The number of carbonyl (C=O) groups is 6. The molecule has 5 saturated carbocycles.